The quantitative estimate of drug-likeness (QED) is 0.652. The van der Waals surface area contributed by atoms with Gasteiger partial charge < -0.3 is 26.4 Å². The third-order valence-corrected chi connectivity index (χ3v) is 5.45. The van der Waals surface area contributed by atoms with E-state index in [4.69, 9.17) is 16.2 Å². The van der Waals surface area contributed by atoms with Gasteiger partial charge in [-0.1, -0.05) is 0 Å². The predicted molar refractivity (Wildman–Crippen MR) is 102 cm³/mol. The van der Waals surface area contributed by atoms with E-state index < -0.39 is 35.8 Å². The van der Waals surface area contributed by atoms with Gasteiger partial charge >= 0.3 is 18.0 Å². The Morgan fingerprint density at radius 1 is 1.14 bits per heavy atom. The molecule has 1 unspecified atom stereocenters. The molecule has 4 amide bonds. The van der Waals surface area contributed by atoms with Gasteiger partial charge in [0.1, 0.15) is 22.6 Å². The molecule has 1 aromatic carbocycles. The Morgan fingerprint density at radius 3 is 2.45 bits per heavy atom. The van der Waals surface area contributed by atoms with E-state index in [2.05, 4.69) is 5.32 Å². The first-order chi connectivity index (χ1) is 13.7. The number of urea groups is 2. The molecule has 2 aromatic rings. The average molecular weight is 424 g/mol. The summed E-state index contributed by atoms with van der Waals surface area (Å²) in [5.41, 5.74) is 10.7. The Bertz CT molecular complexity index is 945. The Morgan fingerprint density at radius 2 is 1.83 bits per heavy atom. The highest BCUT2D eigenvalue weighted by Crippen LogP contribution is 2.36. The van der Waals surface area contributed by atoms with Crippen LogP contribution >= 0.6 is 11.3 Å². The molecule has 1 aliphatic rings. The van der Waals surface area contributed by atoms with E-state index in [9.17, 15) is 23.2 Å². The Labute approximate surface area is 168 Å². The molecule has 29 heavy (non-hydrogen) atoms. The molecule has 1 aliphatic heterocycles. The van der Waals surface area contributed by atoms with Crippen molar-refractivity contribution in [2.75, 3.05) is 18.4 Å². The highest BCUT2D eigenvalue weighted by Gasteiger charge is 2.28. The number of rotatable bonds is 4. The van der Waals surface area contributed by atoms with E-state index in [1.165, 1.54) is 11.0 Å². The third kappa shape index (κ3) is 4.99. The molecular formula is C18H18F2N4O4S. The number of hydrogen-bond acceptors (Lipinski definition) is 5. The lowest BCUT2D eigenvalue weighted by Crippen LogP contribution is -2.46. The van der Waals surface area contributed by atoms with Gasteiger partial charge in [0, 0.05) is 17.5 Å². The summed E-state index contributed by atoms with van der Waals surface area (Å²) in [7, 11) is 0. The summed E-state index contributed by atoms with van der Waals surface area (Å²) in [5, 5.41) is 2.31. The Balaban J connectivity index is 1.86. The van der Waals surface area contributed by atoms with Crippen molar-refractivity contribution in [1.82, 2.24) is 4.90 Å². The van der Waals surface area contributed by atoms with E-state index >= 15 is 0 Å². The molecule has 1 fully saturated rings. The van der Waals surface area contributed by atoms with Gasteiger partial charge in [0.25, 0.3) is 0 Å². The van der Waals surface area contributed by atoms with Gasteiger partial charge in [-0.3, -0.25) is 0 Å². The molecule has 11 heteroatoms. The smallest absolute Gasteiger partial charge is 0.350 e. The van der Waals surface area contributed by atoms with Crippen LogP contribution < -0.4 is 16.8 Å². The van der Waals surface area contributed by atoms with Crippen LogP contribution in [0.3, 0.4) is 0 Å². The number of anilines is 1. The number of hydrogen-bond donors (Lipinski definition) is 3. The van der Waals surface area contributed by atoms with Crippen molar-refractivity contribution in [2.24, 2.45) is 11.5 Å². The zero-order valence-electron chi connectivity index (χ0n) is 15.1. The summed E-state index contributed by atoms with van der Waals surface area (Å²) < 4.78 is 32.5. The summed E-state index contributed by atoms with van der Waals surface area (Å²) in [5.74, 6) is -2.32. The fourth-order valence-corrected chi connectivity index (χ4v) is 4.03. The van der Waals surface area contributed by atoms with Crippen molar-refractivity contribution in [3.8, 4) is 10.4 Å². The minimum atomic E-state index is -0.911. The number of likely N-dealkylation sites (tertiary alicyclic amines) is 1. The molecule has 154 valence electrons. The van der Waals surface area contributed by atoms with Gasteiger partial charge in [0.15, 0.2) is 0 Å². The second kappa shape index (κ2) is 8.43. The number of benzene rings is 1. The van der Waals surface area contributed by atoms with Crippen molar-refractivity contribution in [3.05, 3.63) is 40.8 Å². The maximum Gasteiger partial charge on any atom is 0.350 e. The van der Waals surface area contributed by atoms with Gasteiger partial charge in [-0.05, 0) is 36.6 Å². The number of nitrogens with one attached hydrogen (secondary N) is 1. The number of ether oxygens (including phenoxy) is 1. The predicted octanol–water partition coefficient (Wildman–Crippen LogP) is 2.88. The molecule has 0 radical (unpaired) electrons. The van der Waals surface area contributed by atoms with Crippen molar-refractivity contribution < 1.29 is 27.9 Å². The maximum absolute atomic E-state index is 13.5. The van der Waals surface area contributed by atoms with Gasteiger partial charge in [0.2, 0.25) is 0 Å². The van der Waals surface area contributed by atoms with Crippen molar-refractivity contribution in [2.45, 2.75) is 18.9 Å². The zero-order chi connectivity index (χ0) is 21.1. The summed E-state index contributed by atoms with van der Waals surface area (Å²) >= 11 is 0.892. The first kappa shape index (κ1) is 20.5. The Kier molecular flexibility index (Phi) is 5.97. The number of primary amides is 2. The number of halogens is 2. The van der Waals surface area contributed by atoms with E-state index in [0.29, 0.717) is 24.3 Å². The van der Waals surface area contributed by atoms with Crippen LogP contribution in [0.25, 0.3) is 10.4 Å². The largest absolute Gasteiger partial charge is 0.456 e. The van der Waals surface area contributed by atoms with Crippen LogP contribution in [0.2, 0.25) is 0 Å². The normalized spacial score (nSPS) is 16.3. The highest BCUT2D eigenvalue weighted by atomic mass is 32.1. The lowest BCUT2D eigenvalue weighted by molar-refractivity contribution is 0.0134. The van der Waals surface area contributed by atoms with Crippen molar-refractivity contribution in [3.63, 3.8) is 0 Å². The molecule has 2 heterocycles. The summed E-state index contributed by atoms with van der Waals surface area (Å²) in [6.45, 7) is 0.638. The number of carbonyl (C=O) groups is 3. The monoisotopic (exact) mass is 424 g/mol. The molecule has 0 spiro atoms. The number of nitrogens with two attached hydrogens (primary N) is 2. The zero-order valence-corrected chi connectivity index (χ0v) is 15.9. The minimum Gasteiger partial charge on any atom is -0.456 e. The molecule has 0 aliphatic carbocycles. The topological polar surface area (TPSA) is 128 Å². The van der Waals surface area contributed by atoms with E-state index in [0.717, 1.165) is 29.5 Å². The van der Waals surface area contributed by atoms with Crippen LogP contribution in [0.4, 0.5) is 24.1 Å². The number of carbonyl (C=O) groups excluding carboxylic acids is 3. The first-order valence-electron chi connectivity index (χ1n) is 8.65. The number of nitrogens with zero attached hydrogens (tertiary/aromatic N) is 1. The van der Waals surface area contributed by atoms with Crippen molar-refractivity contribution >= 4 is 35.1 Å². The number of thiophene rings is 1. The summed E-state index contributed by atoms with van der Waals surface area (Å²) in [4.78, 5) is 37.0. The molecular weight excluding hydrogens is 406 g/mol. The van der Waals surface area contributed by atoms with E-state index in [-0.39, 0.29) is 22.7 Å². The second-order valence-corrected chi connectivity index (χ2v) is 7.51. The van der Waals surface area contributed by atoms with Crippen LogP contribution in [0.5, 0.6) is 0 Å². The van der Waals surface area contributed by atoms with Gasteiger partial charge in [-0.15, -0.1) is 11.3 Å². The highest BCUT2D eigenvalue weighted by molar-refractivity contribution is 7.18. The van der Waals surface area contributed by atoms with Crippen LogP contribution in [0, 0.1) is 11.6 Å². The number of piperidine rings is 1. The molecule has 0 saturated carbocycles. The summed E-state index contributed by atoms with van der Waals surface area (Å²) in [6.07, 6.45) is 0.592. The van der Waals surface area contributed by atoms with Crippen LogP contribution in [0.15, 0.2) is 24.3 Å². The summed E-state index contributed by atoms with van der Waals surface area (Å²) in [6, 6.07) is 2.80. The maximum atomic E-state index is 13.5. The fourth-order valence-electron chi connectivity index (χ4n) is 3.05. The SMILES string of the molecule is NC(=O)Nc1cc(-c2cc(F)cc(F)c2)sc1C(=O)OC1CCCN(C(N)=O)C1. The first-order valence-corrected chi connectivity index (χ1v) is 9.46. The molecule has 5 N–H and O–H groups in total. The van der Waals surface area contributed by atoms with E-state index in [1.807, 2.05) is 0 Å². The molecule has 1 saturated heterocycles. The van der Waals surface area contributed by atoms with Gasteiger partial charge in [0.05, 0.1) is 12.2 Å². The molecule has 1 aromatic heterocycles. The van der Waals surface area contributed by atoms with Gasteiger partial charge in [-0.2, -0.15) is 0 Å². The minimum absolute atomic E-state index is 0.0136. The number of esters is 1. The van der Waals surface area contributed by atoms with Crippen LogP contribution in [0.1, 0.15) is 22.5 Å². The van der Waals surface area contributed by atoms with Crippen LogP contribution in [-0.2, 0) is 4.74 Å². The van der Waals surface area contributed by atoms with Crippen molar-refractivity contribution in [1.29, 1.82) is 0 Å². The fraction of sp³-hybridized carbons (Fsp3) is 0.278. The van der Waals surface area contributed by atoms with Crippen LogP contribution in [-0.4, -0.2) is 42.1 Å². The lowest BCUT2D eigenvalue weighted by atomic mass is 10.1. The lowest BCUT2D eigenvalue weighted by Gasteiger charge is -2.31. The molecule has 1 atom stereocenters. The van der Waals surface area contributed by atoms with Gasteiger partial charge in [-0.25, -0.2) is 23.2 Å². The standard InChI is InChI=1S/C18H18F2N4O4S/c19-10-4-9(5-11(20)6-10)14-7-13(23-17(21)26)15(29-14)16(25)28-12-2-1-3-24(8-12)18(22)27/h4-7,12H,1-3,8H2,(H2,22,27)(H3,21,23,26). The Hall–Kier alpha value is -3.21. The average Bonchev–Trinajstić information content (AvgIpc) is 3.04. The number of amides is 4. The molecule has 3 rings (SSSR count). The third-order valence-electron chi connectivity index (χ3n) is 4.29. The van der Waals surface area contributed by atoms with E-state index in [1.54, 1.807) is 0 Å². The molecule has 8 nitrogen and oxygen atoms in total. The molecule has 0 bridgehead atoms. The second-order valence-electron chi connectivity index (χ2n) is 6.45.